The predicted octanol–water partition coefficient (Wildman–Crippen LogP) is 5.03. The van der Waals surface area contributed by atoms with E-state index in [1.165, 1.54) is 0 Å². The third kappa shape index (κ3) is 5.34. The van der Waals surface area contributed by atoms with E-state index in [1.54, 1.807) is 0 Å². The van der Waals surface area contributed by atoms with Gasteiger partial charge in [0.15, 0.2) is 0 Å². The molecule has 0 radical (unpaired) electrons. The van der Waals surface area contributed by atoms with Gasteiger partial charge in [0.25, 0.3) is 0 Å². The van der Waals surface area contributed by atoms with E-state index < -0.39 is 0 Å². The number of nitrogens with one attached hydrogen (secondary N) is 2. The zero-order valence-electron chi connectivity index (χ0n) is 13.1. The fourth-order valence-electron chi connectivity index (χ4n) is 2.37. The molecular formula is C18H20BrClN2O. The maximum atomic E-state index is 12.2. The molecule has 0 fully saturated rings. The molecule has 1 amide bonds. The lowest BCUT2D eigenvalue weighted by molar-refractivity contribution is -0.115. The summed E-state index contributed by atoms with van der Waals surface area (Å²) < 4.78 is 0.867. The molecule has 122 valence electrons. The van der Waals surface area contributed by atoms with Crippen LogP contribution in [0.1, 0.15) is 25.5 Å². The van der Waals surface area contributed by atoms with E-state index in [2.05, 4.69) is 40.4 Å². The average Bonchev–Trinajstić information content (AvgIpc) is 2.51. The number of amides is 1. The second-order valence-electron chi connectivity index (χ2n) is 5.68. The fourth-order valence-corrected chi connectivity index (χ4v) is 2.88. The summed E-state index contributed by atoms with van der Waals surface area (Å²) in [4.78, 5) is 12.2. The van der Waals surface area contributed by atoms with Crippen LogP contribution < -0.4 is 10.6 Å². The van der Waals surface area contributed by atoms with Gasteiger partial charge in [-0.05, 0) is 51.7 Å². The van der Waals surface area contributed by atoms with E-state index in [0.717, 1.165) is 15.7 Å². The number of carbonyl (C=O) groups excluding carboxylic acids is 1. The van der Waals surface area contributed by atoms with Gasteiger partial charge in [-0.3, -0.25) is 4.79 Å². The summed E-state index contributed by atoms with van der Waals surface area (Å²) in [6.07, 6.45) is 0. The Morgan fingerprint density at radius 3 is 2.39 bits per heavy atom. The molecule has 0 bridgehead atoms. The molecule has 2 rings (SSSR count). The van der Waals surface area contributed by atoms with Crippen LogP contribution in [0.5, 0.6) is 0 Å². The smallest absolute Gasteiger partial charge is 0.238 e. The summed E-state index contributed by atoms with van der Waals surface area (Å²) in [7, 11) is 0. The minimum absolute atomic E-state index is 0.0727. The Labute approximate surface area is 150 Å². The van der Waals surface area contributed by atoms with Crippen molar-refractivity contribution < 1.29 is 4.79 Å². The first-order valence-electron chi connectivity index (χ1n) is 7.50. The lowest BCUT2D eigenvalue weighted by Gasteiger charge is -2.23. The molecule has 0 unspecified atom stereocenters. The van der Waals surface area contributed by atoms with Crippen LogP contribution in [0.25, 0.3) is 0 Å². The monoisotopic (exact) mass is 394 g/mol. The molecule has 0 saturated carbocycles. The average molecular weight is 396 g/mol. The van der Waals surface area contributed by atoms with Crippen LogP contribution in [-0.4, -0.2) is 12.5 Å². The number of rotatable bonds is 6. The lowest BCUT2D eigenvalue weighted by Crippen LogP contribution is -2.33. The predicted molar refractivity (Wildman–Crippen MR) is 99.8 cm³/mol. The van der Waals surface area contributed by atoms with Crippen molar-refractivity contribution in [1.82, 2.24) is 5.32 Å². The quantitative estimate of drug-likeness (QED) is 0.720. The Bertz CT molecular complexity index is 658. The molecule has 0 spiro atoms. The van der Waals surface area contributed by atoms with Crippen molar-refractivity contribution in [3.05, 3.63) is 63.6 Å². The van der Waals surface area contributed by atoms with Gasteiger partial charge in [0.1, 0.15) is 0 Å². The highest BCUT2D eigenvalue weighted by atomic mass is 79.9. The molecule has 1 atom stereocenters. The molecule has 2 N–H and O–H groups in total. The van der Waals surface area contributed by atoms with E-state index in [9.17, 15) is 4.79 Å². The topological polar surface area (TPSA) is 41.1 Å². The summed E-state index contributed by atoms with van der Waals surface area (Å²) in [6, 6.07) is 15.4. The van der Waals surface area contributed by atoms with Crippen molar-refractivity contribution >= 4 is 39.1 Å². The van der Waals surface area contributed by atoms with Gasteiger partial charge < -0.3 is 10.6 Å². The summed E-state index contributed by atoms with van der Waals surface area (Å²) in [5.41, 5.74) is 1.89. The van der Waals surface area contributed by atoms with Gasteiger partial charge in [-0.2, -0.15) is 0 Å². The summed E-state index contributed by atoms with van der Waals surface area (Å²) in [5, 5.41) is 6.93. The normalized spacial score (nSPS) is 12.2. The van der Waals surface area contributed by atoms with E-state index in [4.69, 9.17) is 11.6 Å². The first kappa shape index (κ1) is 18.0. The third-order valence-corrected chi connectivity index (χ3v) is 4.47. The van der Waals surface area contributed by atoms with Crippen LogP contribution in [0.4, 0.5) is 5.69 Å². The highest BCUT2D eigenvalue weighted by molar-refractivity contribution is 9.10. The summed E-state index contributed by atoms with van der Waals surface area (Å²) in [5.74, 6) is 0.281. The fraction of sp³-hybridized carbons (Fsp3) is 0.278. The molecule has 2 aromatic carbocycles. The standard InChI is InChI=1S/C18H20BrClN2O/c1-12(2)18(13-7-9-14(20)10-8-13)21-11-17(23)22-16-6-4-3-5-15(16)19/h3-10,12,18,21H,11H2,1-2H3,(H,22,23)/t18-/m1/s1. The second-order valence-corrected chi connectivity index (χ2v) is 6.97. The van der Waals surface area contributed by atoms with Crippen LogP contribution in [0, 0.1) is 5.92 Å². The van der Waals surface area contributed by atoms with Crippen molar-refractivity contribution in [3.63, 3.8) is 0 Å². The molecule has 5 heteroatoms. The van der Waals surface area contributed by atoms with Crippen molar-refractivity contribution in [2.45, 2.75) is 19.9 Å². The number of hydrogen-bond acceptors (Lipinski definition) is 2. The van der Waals surface area contributed by atoms with E-state index >= 15 is 0 Å². The molecule has 0 aromatic heterocycles. The number of anilines is 1. The number of halogens is 2. The molecule has 0 aliphatic rings. The SMILES string of the molecule is CC(C)[C@@H](NCC(=O)Nc1ccccc1Br)c1ccc(Cl)cc1. The maximum Gasteiger partial charge on any atom is 0.238 e. The van der Waals surface area contributed by atoms with Crippen LogP contribution in [0.2, 0.25) is 5.02 Å². The molecule has 0 aliphatic carbocycles. The molecule has 0 aliphatic heterocycles. The Balaban J connectivity index is 1.97. The second kappa shape index (κ2) is 8.48. The van der Waals surface area contributed by atoms with Gasteiger partial charge >= 0.3 is 0 Å². The lowest BCUT2D eigenvalue weighted by atomic mass is 9.96. The minimum Gasteiger partial charge on any atom is -0.324 e. The van der Waals surface area contributed by atoms with Crippen molar-refractivity contribution in [1.29, 1.82) is 0 Å². The van der Waals surface area contributed by atoms with Gasteiger partial charge in [-0.1, -0.05) is 49.7 Å². The van der Waals surface area contributed by atoms with Gasteiger partial charge in [0, 0.05) is 15.5 Å². The first-order valence-corrected chi connectivity index (χ1v) is 8.67. The van der Waals surface area contributed by atoms with Gasteiger partial charge in [-0.15, -0.1) is 0 Å². The Kier molecular flexibility index (Phi) is 6.63. The van der Waals surface area contributed by atoms with E-state index in [-0.39, 0.29) is 18.5 Å². The first-order chi connectivity index (χ1) is 11.0. The maximum absolute atomic E-state index is 12.2. The van der Waals surface area contributed by atoms with E-state index in [0.29, 0.717) is 10.9 Å². The molecule has 3 nitrogen and oxygen atoms in total. The van der Waals surface area contributed by atoms with Crippen LogP contribution >= 0.6 is 27.5 Å². The Morgan fingerprint density at radius 2 is 1.78 bits per heavy atom. The Morgan fingerprint density at radius 1 is 1.13 bits per heavy atom. The number of para-hydroxylation sites is 1. The zero-order valence-corrected chi connectivity index (χ0v) is 15.5. The zero-order chi connectivity index (χ0) is 16.8. The largest absolute Gasteiger partial charge is 0.324 e. The van der Waals surface area contributed by atoms with Crippen molar-refractivity contribution in [2.24, 2.45) is 5.92 Å². The molecule has 23 heavy (non-hydrogen) atoms. The minimum atomic E-state index is -0.0727. The van der Waals surface area contributed by atoms with Crippen LogP contribution in [-0.2, 0) is 4.79 Å². The summed E-state index contributed by atoms with van der Waals surface area (Å²) in [6.45, 7) is 4.49. The highest BCUT2D eigenvalue weighted by Gasteiger charge is 2.16. The van der Waals surface area contributed by atoms with E-state index in [1.807, 2.05) is 48.5 Å². The van der Waals surface area contributed by atoms with Crippen molar-refractivity contribution in [2.75, 3.05) is 11.9 Å². The van der Waals surface area contributed by atoms with Gasteiger partial charge in [0.2, 0.25) is 5.91 Å². The van der Waals surface area contributed by atoms with Crippen molar-refractivity contribution in [3.8, 4) is 0 Å². The van der Waals surface area contributed by atoms with Gasteiger partial charge in [0.05, 0.1) is 12.2 Å². The number of hydrogen-bond donors (Lipinski definition) is 2. The highest BCUT2D eigenvalue weighted by Crippen LogP contribution is 2.24. The third-order valence-electron chi connectivity index (χ3n) is 3.53. The number of carbonyl (C=O) groups is 1. The number of benzene rings is 2. The Hall–Kier alpha value is -1.36. The molecular weight excluding hydrogens is 376 g/mol. The van der Waals surface area contributed by atoms with Crippen LogP contribution in [0.3, 0.4) is 0 Å². The molecule has 0 saturated heterocycles. The molecule has 2 aromatic rings. The summed E-state index contributed by atoms with van der Waals surface area (Å²) >= 11 is 9.36. The van der Waals surface area contributed by atoms with Gasteiger partial charge in [-0.25, -0.2) is 0 Å². The molecule has 0 heterocycles. The van der Waals surface area contributed by atoms with Crippen LogP contribution in [0.15, 0.2) is 53.0 Å².